The van der Waals surface area contributed by atoms with E-state index in [2.05, 4.69) is 18.8 Å². The average Bonchev–Trinajstić information content (AvgIpc) is 2.57. The van der Waals surface area contributed by atoms with Crippen LogP contribution in [0.2, 0.25) is 0 Å². The van der Waals surface area contributed by atoms with Crippen molar-refractivity contribution in [3.63, 3.8) is 0 Å². The highest BCUT2D eigenvalue weighted by Crippen LogP contribution is 2.09. The zero-order valence-corrected chi connectivity index (χ0v) is 16.6. The van der Waals surface area contributed by atoms with Gasteiger partial charge in [-0.15, -0.1) is 11.8 Å². The average molecular weight is 353 g/mol. The number of carbonyl (C=O) groups is 2. The van der Waals surface area contributed by atoms with Crippen LogP contribution in [-0.2, 0) is 19.1 Å². The zero-order valence-electron chi connectivity index (χ0n) is 16.6. The number of unbranched alkanes of at least 4 members (excludes halogenated alkanes) is 6. The highest BCUT2D eigenvalue weighted by Gasteiger charge is 2.14. The Hall–Kier alpha value is -1.50. The third-order valence-corrected chi connectivity index (χ3v) is 4.05. The molecule has 1 atom stereocenters. The number of ether oxygens (including phenoxy) is 2. The third kappa shape index (κ3) is 15.8. The summed E-state index contributed by atoms with van der Waals surface area (Å²) in [4.78, 5) is 23.2. The van der Waals surface area contributed by atoms with Crippen molar-refractivity contribution in [2.75, 3.05) is 6.61 Å². The van der Waals surface area contributed by atoms with Crippen LogP contribution >= 0.6 is 0 Å². The second-order valence-corrected chi connectivity index (χ2v) is 6.74. The van der Waals surface area contributed by atoms with Crippen molar-refractivity contribution in [3.05, 3.63) is 0 Å². The summed E-state index contributed by atoms with van der Waals surface area (Å²) in [5, 5.41) is 0. The van der Waals surface area contributed by atoms with Gasteiger partial charge < -0.3 is 9.47 Å². The molecule has 0 heterocycles. The van der Waals surface area contributed by atoms with E-state index >= 15 is 0 Å². The molecule has 25 heavy (non-hydrogen) atoms. The maximum atomic E-state index is 11.6. The summed E-state index contributed by atoms with van der Waals surface area (Å²) in [6.45, 7) is 8.36. The SMILES string of the molecule is CCC#CCCCCCCCCOC(=O)CCC(=O)OC(C)C(C)C. The monoisotopic (exact) mass is 352 g/mol. The zero-order chi connectivity index (χ0) is 18.9. The fourth-order valence-corrected chi connectivity index (χ4v) is 2.10. The van der Waals surface area contributed by atoms with E-state index in [4.69, 9.17) is 9.47 Å². The van der Waals surface area contributed by atoms with Crippen molar-refractivity contribution in [1.82, 2.24) is 0 Å². The molecule has 0 saturated carbocycles. The van der Waals surface area contributed by atoms with E-state index in [0.717, 1.165) is 32.1 Å². The fourth-order valence-electron chi connectivity index (χ4n) is 2.10. The molecule has 0 amide bonds. The lowest BCUT2D eigenvalue weighted by Gasteiger charge is -2.16. The molecule has 0 fully saturated rings. The van der Waals surface area contributed by atoms with E-state index in [0.29, 0.717) is 6.61 Å². The fraction of sp³-hybridized carbons (Fsp3) is 0.810. The van der Waals surface area contributed by atoms with Crippen molar-refractivity contribution in [1.29, 1.82) is 0 Å². The van der Waals surface area contributed by atoms with Gasteiger partial charge in [0.1, 0.15) is 6.10 Å². The first kappa shape index (κ1) is 23.5. The molecular formula is C21H36O4. The topological polar surface area (TPSA) is 52.6 Å². The van der Waals surface area contributed by atoms with Crippen molar-refractivity contribution in [2.24, 2.45) is 5.92 Å². The molecule has 4 heteroatoms. The molecule has 0 spiro atoms. The van der Waals surface area contributed by atoms with Crippen LogP contribution in [0.25, 0.3) is 0 Å². The van der Waals surface area contributed by atoms with Crippen molar-refractivity contribution >= 4 is 11.9 Å². The molecule has 0 rings (SSSR count). The van der Waals surface area contributed by atoms with E-state index in [-0.39, 0.29) is 36.8 Å². The highest BCUT2D eigenvalue weighted by molar-refractivity contribution is 5.77. The third-order valence-electron chi connectivity index (χ3n) is 4.05. The summed E-state index contributed by atoms with van der Waals surface area (Å²) in [6.07, 6.45) is 8.74. The van der Waals surface area contributed by atoms with Gasteiger partial charge in [-0.1, -0.05) is 46.5 Å². The van der Waals surface area contributed by atoms with Gasteiger partial charge in [0, 0.05) is 12.8 Å². The Labute approximate surface area is 154 Å². The molecule has 0 bridgehead atoms. The molecule has 0 aromatic heterocycles. The Bertz CT molecular complexity index is 417. The molecule has 0 saturated heterocycles. The minimum absolute atomic E-state index is 0.0941. The Balaban J connectivity index is 3.45. The second kappa shape index (κ2) is 16.0. The number of esters is 2. The van der Waals surface area contributed by atoms with Crippen LogP contribution in [0.15, 0.2) is 0 Å². The van der Waals surface area contributed by atoms with Crippen LogP contribution in [0, 0.1) is 17.8 Å². The summed E-state index contributed by atoms with van der Waals surface area (Å²) >= 11 is 0. The van der Waals surface area contributed by atoms with Gasteiger partial charge in [0.05, 0.1) is 19.4 Å². The predicted octanol–water partition coefficient (Wildman–Crippen LogP) is 5.04. The quantitative estimate of drug-likeness (QED) is 0.265. The molecular weight excluding hydrogens is 316 g/mol. The lowest BCUT2D eigenvalue weighted by Crippen LogP contribution is -2.20. The molecule has 0 N–H and O–H groups in total. The second-order valence-electron chi connectivity index (χ2n) is 6.74. The summed E-state index contributed by atoms with van der Waals surface area (Å²) in [5.41, 5.74) is 0. The van der Waals surface area contributed by atoms with Gasteiger partial charge >= 0.3 is 11.9 Å². The summed E-state index contributed by atoms with van der Waals surface area (Å²) in [7, 11) is 0. The van der Waals surface area contributed by atoms with E-state index in [1.807, 2.05) is 20.8 Å². The van der Waals surface area contributed by atoms with Gasteiger partial charge in [-0.05, 0) is 25.7 Å². The predicted molar refractivity (Wildman–Crippen MR) is 101 cm³/mol. The van der Waals surface area contributed by atoms with Crippen LogP contribution in [0.4, 0.5) is 0 Å². The van der Waals surface area contributed by atoms with Gasteiger partial charge in [0.2, 0.25) is 0 Å². The van der Waals surface area contributed by atoms with Gasteiger partial charge in [-0.25, -0.2) is 0 Å². The first-order valence-corrected chi connectivity index (χ1v) is 9.78. The molecule has 0 aliphatic rings. The van der Waals surface area contributed by atoms with E-state index < -0.39 is 0 Å². The van der Waals surface area contributed by atoms with Crippen molar-refractivity contribution in [3.8, 4) is 11.8 Å². The van der Waals surface area contributed by atoms with Gasteiger partial charge in [0.15, 0.2) is 0 Å². The maximum absolute atomic E-state index is 11.6. The highest BCUT2D eigenvalue weighted by atomic mass is 16.5. The Morgan fingerprint density at radius 2 is 1.44 bits per heavy atom. The summed E-state index contributed by atoms with van der Waals surface area (Å²) < 4.78 is 10.4. The van der Waals surface area contributed by atoms with Crippen LogP contribution in [0.3, 0.4) is 0 Å². The van der Waals surface area contributed by atoms with Crippen molar-refractivity contribution in [2.45, 2.75) is 98.0 Å². The lowest BCUT2D eigenvalue weighted by molar-refractivity contribution is -0.154. The molecule has 0 aromatic carbocycles. The van der Waals surface area contributed by atoms with Crippen molar-refractivity contribution < 1.29 is 19.1 Å². The molecule has 0 radical (unpaired) electrons. The largest absolute Gasteiger partial charge is 0.466 e. The van der Waals surface area contributed by atoms with Gasteiger partial charge in [0.25, 0.3) is 0 Å². The van der Waals surface area contributed by atoms with E-state index in [1.54, 1.807) is 0 Å². The molecule has 0 aromatic rings. The van der Waals surface area contributed by atoms with Gasteiger partial charge in [-0.2, -0.15) is 0 Å². The first-order valence-electron chi connectivity index (χ1n) is 9.78. The van der Waals surface area contributed by atoms with E-state index in [9.17, 15) is 9.59 Å². The standard InChI is InChI=1S/C21H36O4/c1-5-6-7-8-9-10-11-12-13-14-17-24-20(22)15-16-21(23)25-19(4)18(2)3/h18-19H,5,8-17H2,1-4H3. The van der Waals surface area contributed by atoms with Crippen LogP contribution in [-0.4, -0.2) is 24.6 Å². The number of rotatable bonds is 13. The Morgan fingerprint density at radius 1 is 0.840 bits per heavy atom. The van der Waals surface area contributed by atoms with Crippen LogP contribution in [0.1, 0.15) is 91.9 Å². The molecule has 1 unspecified atom stereocenters. The lowest BCUT2D eigenvalue weighted by atomic mass is 10.1. The Kier molecular flexibility index (Phi) is 15.0. The molecule has 0 aliphatic heterocycles. The van der Waals surface area contributed by atoms with E-state index in [1.165, 1.54) is 19.3 Å². The first-order chi connectivity index (χ1) is 12.0. The molecule has 0 aliphatic carbocycles. The number of carbonyl (C=O) groups excluding carboxylic acids is 2. The normalized spacial score (nSPS) is 11.6. The Morgan fingerprint density at radius 3 is 2.08 bits per heavy atom. The van der Waals surface area contributed by atoms with Gasteiger partial charge in [-0.3, -0.25) is 9.59 Å². The smallest absolute Gasteiger partial charge is 0.306 e. The minimum atomic E-state index is -0.332. The minimum Gasteiger partial charge on any atom is -0.466 e. The number of hydrogen-bond acceptors (Lipinski definition) is 4. The summed E-state index contributed by atoms with van der Waals surface area (Å²) in [5.74, 6) is 5.87. The maximum Gasteiger partial charge on any atom is 0.306 e. The molecule has 4 nitrogen and oxygen atoms in total. The van der Waals surface area contributed by atoms with Crippen LogP contribution in [0.5, 0.6) is 0 Å². The number of hydrogen-bond donors (Lipinski definition) is 0. The summed E-state index contributed by atoms with van der Waals surface area (Å²) in [6, 6.07) is 0. The molecule has 144 valence electrons. The van der Waals surface area contributed by atoms with Crippen LogP contribution < -0.4 is 0 Å².